The maximum absolute atomic E-state index is 12.5. The van der Waals surface area contributed by atoms with Crippen LogP contribution in [0.1, 0.15) is 37.8 Å². The van der Waals surface area contributed by atoms with Gasteiger partial charge in [0.1, 0.15) is 24.4 Å². The minimum absolute atomic E-state index is 0.116. The number of ether oxygens (including phenoxy) is 2. The molecule has 0 saturated heterocycles. The Labute approximate surface area is 190 Å². The summed E-state index contributed by atoms with van der Waals surface area (Å²) in [6, 6.07) is 17.7. The molecule has 2 aromatic heterocycles. The first-order valence-corrected chi connectivity index (χ1v) is 10.2. The number of rotatable bonds is 8. The standard InChI is InChI=1S/C24H22N4O5/c1-16-5-3-4-6-18(16)13-28-15-25-24(27-28)26-22(29)21-12-11-20(33-21)14-32-19-9-7-17(8-10-19)23(30)31-2/h3-12,15H,13-14H2,1-2H3,(H,26,27,29). The summed E-state index contributed by atoms with van der Waals surface area (Å²) in [5, 5.41) is 6.92. The Kier molecular flexibility index (Phi) is 6.49. The molecule has 0 bridgehead atoms. The van der Waals surface area contributed by atoms with Crippen LogP contribution in [0.2, 0.25) is 0 Å². The van der Waals surface area contributed by atoms with E-state index in [0.29, 0.717) is 23.6 Å². The van der Waals surface area contributed by atoms with E-state index in [-0.39, 0.29) is 18.3 Å². The van der Waals surface area contributed by atoms with Crippen LogP contribution < -0.4 is 10.1 Å². The molecule has 0 aliphatic carbocycles. The summed E-state index contributed by atoms with van der Waals surface area (Å²) in [7, 11) is 1.32. The van der Waals surface area contributed by atoms with Gasteiger partial charge in [0.25, 0.3) is 5.91 Å². The number of nitrogens with zero attached hydrogens (tertiary/aromatic N) is 3. The third kappa shape index (κ3) is 5.45. The van der Waals surface area contributed by atoms with E-state index in [1.165, 1.54) is 7.11 Å². The smallest absolute Gasteiger partial charge is 0.337 e. The molecule has 168 valence electrons. The number of nitrogens with one attached hydrogen (secondary N) is 1. The minimum Gasteiger partial charge on any atom is -0.486 e. The Morgan fingerprint density at radius 3 is 2.61 bits per heavy atom. The number of hydrogen-bond donors (Lipinski definition) is 1. The van der Waals surface area contributed by atoms with Gasteiger partial charge in [0.05, 0.1) is 19.2 Å². The molecule has 0 saturated carbocycles. The van der Waals surface area contributed by atoms with Gasteiger partial charge in [0.2, 0.25) is 5.95 Å². The average molecular weight is 446 g/mol. The molecule has 9 nitrogen and oxygen atoms in total. The van der Waals surface area contributed by atoms with Crippen molar-refractivity contribution in [3.8, 4) is 5.75 Å². The maximum atomic E-state index is 12.5. The first kappa shape index (κ1) is 21.8. The Bertz CT molecular complexity index is 1260. The zero-order valence-corrected chi connectivity index (χ0v) is 18.1. The van der Waals surface area contributed by atoms with Crippen molar-refractivity contribution in [2.45, 2.75) is 20.1 Å². The number of anilines is 1. The highest BCUT2D eigenvalue weighted by Crippen LogP contribution is 2.17. The lowest BCUT2D eigenvalue weighted by Crippen LogP contribution is -2.12. The van der Waals surface area contributed by atoms with Crippen LogP contribution in [0.5, 0.6) is 5.75 Å². The van der Waals surface area contributed by atoms with Gasteiger partial charge in [-0.05, 0) is 54.4 Å². The van der Waals surface area contributed by atoms with Gasteiger partial charge >= 0.3 is 5.97 Å². The third-order valence-electron chi connectivity index (χ3n) is 4.90. The van der Waals surface area contributed by atoms with E-state index < -0.39 is 11.9 Å². The van der Waals surface area contributed by atoms with E-state index in [2.05, 4.69) is 20.1 Å². The van der Waals surface area contributed by atoms with E-state index in [0.717, 1.165) is 11.1 Å². The highest BCUT2D eigenvalue weighted by molar-refractivity contribution is 6.01. The predicted octanol–water partition coefficient (Wildman–Crippen LogP) is 3.85. The van der Waals surface area contributed by atoms with E-state index in [4.69, 9.17) is 9.15 Å². The summed E-state index contributed by atoms with van der Waals surface area (Å²) in [6.07, 6.45) is 1.56. The first-order valence-electron chi connectivity index (χ1n) is 10.2. The number of esters is 1. The number of carbonyl (C=O) groups excluding carboxylic acids is 2. The Balaban J connectivity index is 1.31. The average Bonchev–Trinajstić information content (AvgIpc) is 3.49. The van der Waals surface area contributed by atoms with Crippen LogP contribution in [0.3, 0.4) is 0 Å². The van der Waals surface area contributed by atoms with Crippen LogP contribution in [0.15, 0.2) is 71.4 Å². The highest BCUT2D eigenvalue weighted by atomic mass is 16.5. The number of hydrogen-bond acceptors (Lipinski definition) is 7. The molecule has 0 atom stereocenters. The summed E-state index contributed by atoms with van der Waals surface area (Å²) in [6.45, 7) is 2.71. The number of aryl methyl sites for hydroxylation is 1. The fourth-order valence-corrected chi connectivity index (χ4v) is 3.09. The topological polar surface area (TPSA) is 108 Å². The zero-order valence-electron chi connectivity index (χ0n) is 18.1. The molecule has 33 heavy (non-hydrogen) atoms. The number of benzene rings is 2. The van der Waals surface area contributed by atoms with Crippen molar-refractivity contribution in [3.05, 3.63) is 95.2 Å². The molecule has 0 unspecified atom stereocenters. The molecule has 0 aliphatic heterocycles. The van der Waals surface area contributed by atoms with Crippen LogP contribution in [0, 0.1) is 6.92 Å². The van der Waals surface area contributed by atoms with Gasteiger partial charge in [-0.15, -0.1) is 5.10 Å². The number of carbonyl (C=O) groups is 2. The summed E-state index contributed by atoms with van der Waals surface area (Å²) in [5.74, 6) is 0.442. The SMILES string of the molecule is COC(=O)c1ccc(OCc2ccc(C(=O)Nc3ncn(Cc4ccccc4C)n3)o2)cc1. The summed E-state index contributed by atoms with van der Waals surface area (Å²) in [5.41, 5.74) is 2.70. The molecule has 1 N–H and O–H groups in total. The van der Waals surface area contributed by atoms with Crippen molar-refractivity contribution < 1.29 is 23.5 Å². The van der Waals surface area contributed by atoms with E-state index >= 15 is 0 Å². The molecule has 1 amide bonds. The molecular weight excluding hydrogens is 424 g/mol. The summed E-state index contributed by atoms with van der Waals surface area (Å²) >= 11 is 0. The minimum atomic E-state index is -0.461. The number of furan rings is 1. The second kappa shape index (κ2) is 9.82. The fourth-order valence-electron chi connectivity index (χ4n) is 3.09. The second-order valence-electron chi connectivity index (χ2n) is 7.22. The molecule has 0 fully saturated rings. The van der Waals surface area contributed by atoms with Crippen molar-refractivity contribution in [2.75, 3.05) is 12.4 Å². The van der Waals surface area contributed by atoms with Crippen molar-refractivity contribution in [1.82, 2.24) is 14.8 Å². The monoisotopic (exact) mass is 446 g/mol. The Morgan fingerprint density at radius 1 is 1.06 bits per heavy atom. The van der Waals surface area contributed by atoms with E-state index in [9.17, 15) is 9.59 Å². The quantitative estimate of drug-likeness (QED) is 0.410. The predicted molar refractivity (Wildman–Crippen MR) is 119 cm³/mol. The summed E-state index contributed by atoms with van der Waals surface area (Å²) < 4.78 is 17.5. The van der Waals surface area contributed by atoms with Crippen LogP contribution >= 0.6 is 0 Å². The lowest BCUT2D eigenvalue weighted by Gasteiger charge is -2.05. The van der Waals surface area contributed by atoms with Crippen LogP contribution in [-0.4, -0.2) is 33.8 Å². The molecule has 4 rings (SSSR count). The van der Waals surface area contributed by atoms with Gasteiger partial charge in [-0.3, -0.25) is 10.1 Å². The number of methoxy groups -OCH3 is 1. The molecule has 2 heterocycles. The fraction of sp³-hybridized carbons (Fsp3) is 0.167. The van der Waals surface area contributed by atoms with Gasteiger partial charge < -0.3 is 13.9 Å². The third-order valence-corrected chi connectivity index (χ3v) is 4.90. The Hall–Kier alpha value is -4.40. The summed E-state index contributed by atoms with van der Waals surface area (Å²) in [4.78, 5) is 28.1. The van der Waals surface area contributed by atoms with Crippen molar-refractivity contribution >= 4 is 17.8 Å². The van der Waals surface area contributed by atoms with Crippen LogP contribution in [0.4, 0.5) is 5.95 Å². The molecule has 4 aromatic rings. The molecule has 0 spiro atoms. The first-order chi connectivity index (χ1) is 16.0. The normalized spacial score (nSPS) is 10.6. The highest BCUT2D eigenvalue weighted by Gasteiger charge is 2.14. The van der Waals surface area contributed by atoms with Gasteiger partial charge in [-0.2, -0.15) is 0 Å². The molecule has 0 radical (unpaired) electrons. The van der Waals surface area contributed by atoms with Gasteiger partial charge in [-0.25, -0.2) is 14.5 Å². The van der Waals surface area contributed by atoms with E-state index in [1.54, 1.807) is 47.4 Å². The molecular formula is C24H22N4O5. The van der Waals surface area contributed by atoms with Gasteiger partial charge in [0.15, 0.2) is 5.76 Å². The lowest BCUT2D eigenvalue weighted by molar-refractivity contribution is 0.0600. The van der Waals surface area contributed by atoms with Crippen LogP contribution in [0.25, 0.3) is 0 Å². The van der Waals surface area contributed by atoms with Crippen LogP contribution in [-0.2, 0) is 17.9 Å². The van der Waals surface area contributed by atoms with Crippen molar-refractivity contribution in [2.24, 2.45) is 0 Å². The number of amides is 1. The van der Waals surface area contributed by atoms with Crippen molar-refractivity contribution in [3.63, 3.8) is 0 Å². The Morgan fingerprint density at radius 2 is 1.85 bits per heavy atom. The number of aromatic nitrogens is 3. The zero-order chi connectivity index (χ0) is 23.2. The van der Waals surface area contributed by atoms with Gasteiger partial charge in [-0.1, -0.05) is 24.3 Å². The van der Waals surface area contributed by atoms with Gasteiger partial charge in [0, 0.05) is 0 Å². The van der Waals surface area contributed by atoms with Crippen molar-refractivity contribution in [1.29, 1.82) is 0 Å². The molecule has 0 aliphatic rings. The molecule has 9 heteroatoms. The maximum Gasteiger partial charge on any atom is 0.337 e. The largest absolute Gasteiger partial charge is 0.486 e. The van der Waals surface area contributed by atoms with E-state index in [1.807, 2.05) is 31.2 Å². The second-order valence-corrected chi connectivity index (χ2v) is 7.22. The lowest BCUT2D eigenvalue weighted by atomic mass is 10.1. The molecule has 2 aromatic carbocycles.